The molecule has 0 radical (unpaired) electrons. The lowest BCUT2D eigenvalue weighted by Crippen LogP contribution is -2.41. The number of hydrogen-bond acceptors (Lipinski definition) is 2. The predicted molar refractivity (Wildman–Crippen MR) is 77.0 cm³/mol. The zero-order valence-electron chi connectivity index (χ0n) is 11.4. The van der Waals surface area contributed by atoms with Crippen molar-refractivity contribution in [2.75, 3.05) is 18.5 Å². The second-order valence-corrected chi connectivity index (χ2v) is 6.06. The van der Waals surface area contributed by atoms with E-state index in [-0.39, 0.29) is 5.54 Å². The number of nitrogens with zero attached hydrogens (tertiary/aromatic N) is 1. The quantitative estimate of drug-likeness (QED) is 0.822. The van der Waals surface area contributed by atoms with Gasteiger partial charge in [0, 0.05) is 24.8 Å². The number of aryl methyl sites for hydroxylation is 1. The third kappa shape index (κ3) is 1.93. The van der Waals surface area contributed by atoms with E-state index in [0.29, 0.717) is 0 Å². The van der Waals surface area contributed by atoms with E-state index in [9.17, 15) is 0 Å². The molecule has 2 nitrogen and oxygen atoms in total. The molecule has 0 saturated heterocycles. The number of nitrogens with two attached hydrogens (primary N) is 1. The third-order valence-electron chi connectivity index (χ3n) is 4.72. The first kappa shape index (κ1) is 12.0. The van der Waals surface area contributed by atoms with Crippen LogP contribution in [0.3, 0.4) is 0 Å². The molecule has 1 aromatic rings. The number of para-hydroxylation sites is 1. The maximum atomic E-state index is 6.74. The van der Waals surface area contributed by atoms with E-state index >= 15 is 0 Å². The first-order chi connectivity index (χ1) is 8.71. The molecular weight excluding hydrogens is 220 g/mol. The van der Waals surface area contributed by atoms with E-state index in [1.54, 1.807) is 0 Å². The minimum atomic E-state index is -0.0742. The highest BCUT2D eigenvalue weighted by Gasteiger charge is 2.33. The van der Waals surface area contributed by atoms with E-state index in [0.717, 1.165) is 12.8 Å². The molecule has 0 unspecified atom stereocenters. The molecule has 2 N–H and O–H groups in total. The van der Waals surface area contributed by atoms with Crippen molar-refractivity contribution in [1.82, 2.24) is 0 Å². The summed E-state index contributed by atoms with van der Waals surface area (Å²) in [6, 6.07) is 6.75. The van der Waals surface area contributed by atoms with Crippen LogP contribution in [-0.2, 0) is 12.0 Å². The van der Waals surface area contributed by atoms with Gasteiger partial charge in [0.05, 0.1) is 0 Å². The second-order valence-electron chi connectivity index (χ2n) is 6.06. The Morgan fingerprint density at radius 1 is 1.11 bits per heavy atom. The van der Waals surface area contributed by atoms with Crippen LogP contribution < -0.4 is 10.6 Å². The molecular formula is C16H24N2. The lowest BCUT2D eigenvalue weighted by Gasteiger charge is -2.39. The van der Waals surface area contributed by atoms with Gasteiger partial charge in [-0.15, -0.1) is 0 Å². The Kier molecular flexibility index (Phi) is 3.06. The summed E-state index contributed by atoms with van der Waals surface area (Å²) in [7, 11) is 2.22. The highest BCUT2D eigenvalue weighted by atomic mass is 15.1. The molecule has 1 aliphatic carbocycles. The van der Waals surface area contributed by atoms with Crippen molar-refractivity contribution < 1.29 is 0 Å². The smallest absolute Gasteiger partial charge is 0.0447 e. The molecule has 0 spiro atoms. The van der Waals surface area contributed by atoms with Crippen molar-refractivity contribution in [3.63, 3.8) is 0 Å². The molecule has 1 aliphatic heterocycles. The molecule has 18 heavy (non-hydrogen) atoms. The summed E-state index contributed by atoms with van der Waals surface area (Å²) in [6.45, 7) is 1.17. The fourth-order valence-electron chi connectivity index (χ4n) is 3.72. The minimum Gasteiger partial charge on any atom is -0.374 e. The molecule has 3 rings (SSSR count). The molecule has 1 aromatic carbocycles. The van der Waals surface area contributed by atoms with Crippen LogP contribution in [0.4, 0.5) is 5.69 Å². The SMILES string of the molecule is CN1CCCc2cccc(C3(N)CCCCC3)c21. The molecule has 0 aromatic heterocycles. The van der Waals surface area contributed by atoms with Crippen molar-refractivity contribution in [1.29, 1.82) is 0 Å². The first-order valence-electron chi connectivity index (χ1n) is 7.33. The van der Waals surface area contributed by atoms with E-state index in [2.05, 4.69) is 30.1 Å². The summed E-state index contributed by atoms with van der Waals surface area (Å²) in [6.07, 6.45) is 8.69. The van der Waals surface area contributed by atoms with E-state index in [1.165, 1.54) is 55.5 Å². The van der Waals surface area contributed by atoms with Gasteiger partial charge in [-0.2, -0.15) is 0 Å². The summed E-state index contributed by atoms with van der Waals surface area (Å²) in [5, 5.41) is 0. The Hall–Kier alpha value is -1.02. The molecule has 2 heteroatoms. The van der Waals surface area contributed by atoms with E-state index in [1.807, 2.05) is 0 Å². The largest absolute Gasteiger partial charge is 0.374 e. The molecule has 0 atom stereocenters. The minimum absolute atomic E-state index is 0.0742. The number of hydrogen-bond donors (Lipinski definition) is 1. The molecule has 1 fully saturated rings. The lowest BCUT2D eigenvalue weighted by molar-refractivity contribution is 0.302. The van der Waals surface area contributed by atoms with Gasteiger partial charge in [0.2, 0.25) is 0 Å². The zero-order valence-corrected chi connectivity index (χ0v) is 11.4. The van der Waals surface area contributed by atoms with Crippen LogP contribution in [0, 0.1) is 0 Å². The standard InChI is InChI=1S/C16H24N2/c1-18-12-6-8-13-7-5-9-14(15(13)18)16(17)10-3-2-4-11-16/h5,7,9H,2-4,6,8,10-12,17H2,1H3. The van der Waals surface area contributed by atoms with Crippen LogP contribution in [0.25, 0.3) is 0 Å². The van der Waals surface area contributed by atoms with Crippen molar-refractivity contribution in [2.45, 2.75) is 50.5 Å². The molecule has 1 heterocycles. The van der Waals surface area contributed by atoms with Gasteiger partial charge in [0.1, 0.15) is 0 Å². The van der Waals surface area contributed by atoms with Gasteiger partial charge < -0.3 is 10.6 Å². The zero-order chi connectivity index (χ0) is 12.6. The number of rotatable bonds is 1. The van der Waals surface area contributed by atoms with Crippen LogP contribution in [0.1, 0.15) is 49.7 Å². The third-order valence-corrected chi connectivity index (χ3v) is 4.72. The molecule has 98 valence electrons. The highest BCUT2D eigenvalue weighted by Crippen LogP contribution is 2.42. The van der Waals surface area contributed by atoms with Crippen molar-refractivity contribution in [2.24, 2.45) is 5.73 Å². The van der Waals surface area contributed by atoms with Crippen LogP contribution in [0.5, 0.6) is 0 Å². The Bertz CT molecular complexity index is 433. The van der Waals surface area contributed by atoms with Crippen LogP contribution in [0.2, 0.25) is 0 Å². The van der Waals surface area contributed by atoms with Crippen molar-refractivity contribution in [3.05, 3.63) is 29.3 Å². The predicted octanol–water partition coefficient (Wildman–Crippen LogP) is 3.19. The fourth-order valence-corrected chi connectivity index (χ4v) is 3.72. The average molecular weight is 244 g/mol. The summed E-state index contributed by atoms with van der Waals surface area (Å²) >= 11 is 0. The van der Waals surface area contributed by atoms with Gasteiger partial charge >= 0.3 is 0 Å². The Morgan fingerprint density at radius 2 is 1.89 bits per heavy atom. The topological polar surface area (TPSA) is 29.3 Å². The second kappa shape index (κ2) is 4.58. The summed E-state index contributed by atoms with van der Waals surface area (Å²) in [5.74, 6) is 0. The van der Waals surface area contributed by atoms with E-state index < -0.39 is 0 Å². The molecule has 1 saturated carbocycles. The van der Waals surface area contributed by atoms with Gasteiger partial charge in [-0.1, -0.05) is 37.5 Å². The van der Waals surface area contributed by atoms with Gasteiger partial charge in [-0.25, -0.2) is 0 Å². The Morgan fingerprint density at radius 3 is 2.67 bits per heavy atom. The van der Waals surface area contributed by atoms with Crippen molar-refractivity contribution >= 4 is 5.69 Å². The molecule has 0 bridgehead atoms. The van der Waals surface area contributed by atoms with Crippen LogP contribution in [-0.4, -0.2) is 13.6 Å². The number of benzene rings is 1. The van der Waals surface area contributed by atoms with E-state index in [4.69, 9.17) is 5.73 Å². The lowest BCUT2D eigenvalue weighted by atomic mass is 9.75. The summed E-state index contributed by atoms with van der Waals surface area (Å²) in [4.78, 5) is 2.41. The van der Waals surface area contributed by atoms with Crippen molar-refractivity contribution in [3.8, 4) is 0 Å². The average Bonchev–Trinajstić information content (AvgIpc) is 2.39. The number of fused-ring (bicyclic) bond motifs is 1. The normalized spacial score (nSPS) is 22.7. The van der Waals surface area contributed by atoms with Gasteiger partial charge in [-0.05, 0) is 36.8 Å². The van der Waals surface area contributed by atoms with Gasteiger partial charge in [0.15, 0.2) is 0 Å². The monoisotopic (exact) mass is 244 g/mol. The maximum absolute atomic E-state index is 6.74. The first-order valence-corrected chi connectivity index (χ1v) is 7.33. The van der Waals surface area contributed by atoms with Crippen LogP contribution >= 0.6 is 0 Å². The maximum Gasteiger partial charge on any atom is 0.0447 e. The molecule has 2 aliphatic rings. The van der Waals surface area contributed by atoms with Crippen LogP contribution in [0.15, 0.2) is 18.2 Å². The van der Waals surface area contributed by atoms with Gasteiger partial charge in [-0.3, -0.25) is 0 Å². The Labute approximate surface area is 110 Å². The number of anilines is 1. The van der Waals surface area contributed by atoms with Gasteiger partial charge in [0.25, 0.3) is 0 Å². The highest BCUT2D eigenvalue weighted by molar-refractivity contribution is 5.63. The summed E-state index contributed by atoms with van der Waals surface area (Å²) in [5.41, 5.74) is 11.0. The fraction of sp³-hybridized carbons (Fsp3) is 0.625. The molecule has 0 amide bonds. The summed E-state index contributed by atoms with van der Waals surface area (Å²) < 4.78 is 0. The Balaban J connectivity index is 2.06.